The molecule has 0 radical (unpaired) electrons. The zero-order chi connectivity index (χ0) is 13.7. The van der Waals surface area contributed by atoms with Crippen LogP contribution >= 0.6 is 0 Å². The Morgan fingerprint density at radius 3 is 2.47 bits per heavy atom. The van der Waals surface area contributed by atoms with Gasteiger partial charge >= 0.3 is 0 Å². The summed E-state index contributed by atoms with van der Waals surface area (Å²) in [5.74, 6) is 1.65. The van der Waals surface area contributed by atoms with Crippen molar-refractivity contribution in [2.75, 3.05) is 11.9 Å². The Morgan fingerprint density at radius 2 is 1.84 bits per heavy atom. The van der Waals surface area contributed by atoms with Crippen molar-refractivity contribution in [2.45, 2.75) is 33.6 Å². The lowest BCUT2D eigenvalue weighted by Gasteiger charge is -2.15. The number of rotatable bonds is 6. The molecule has 0 amide bonds. The predicted molar refractivity (Wildman–Crippen MR) is 80.9 cm³/mol. The fourth-order valence-electron chi connectivity index (χ4n) is 2.22. The number of aromatic nitrogens is 2. The van der Waals surface area contributed by atoms with Gasteiger partial charge in [-0.15, -0.1) is 0 Å². The van der Waals surface area contributed by atoms with Crippen molar-refractivity contribution in [1.82, 2.24) is 9.55 Å². The highest BCUT2D eigenvalue weighted by molar-refractivity contribution is 5.42. The molecule has 3 nitrogen and oxygen atoms in total. The first-order valence-electron chi connectivity index (χ1n) is 7.09. The second-order valence-electron chi connectivity index (χ2n) is 4.97. The summed E-state index contributed by atoms with van der Waals surface area (Å²) in [4.78, 5) is 4.58. The molecule has 1 heterocycles. The van der Waals surface area contributed by atoms with Crippen LogP contribution < -0.4 is 5.32 Å². The van der Waals surface area contributed by atoms with E-state index in [1.807, 2.05) is 13.0 Å². The van der Waals surface area contributed by atoms with Gasteiger partial charge < -0.3 is 5.32 Å². The Hall–Kier alpha value is -1.77. The van der Waals surface area contributed by atoms with Crippen LogP contribution in [0.5, 0.6) is 0 Å². The minimum absolute atomic E-state index is 0.709. The van der Waals surface area contributed by atoms with Gasteiger partial charge in [-0.3, -0.25) is 4.57 Å². The Labute approximate surface area is 115 Å². The number of aryl methyl sites for hydroxylation is 1. The average Bonchev–Trinajstić information content (AvgIpc) is 2.82. The molecule has 0 atom stereocenters. The monoisotopic (exact) mass is 257 g/mol. The maximum atomic E-state index is 4.58. The van der Waals surface area contributed by atoms with Gasteiger partial charge in [0.15, 0.2) is 0 Å². The molecule has 0 aliphatic rings. The fraction of sp³-hybridized carbons (Fsp3) is 0.438. The molecule has 0 saturated carbocycles. The number of benzene rings is 1. The number of nitrogens with zero attached hydrogens (tertiary/aromatic N) is 2. The third kappa shape index (κ3) is 3.37. The van der Waals surface area contributed by atoms with E-state index in [1.165, 1.54) is 12.8 Å². The number of hydrogen-bond donors (Lipinski definition) is 1. The summed E-state index contributed by atoms with van der Waals surface area (Å²) in [7, 11) is 0. The van der Waals surface area contributed by atoms with Gasteiger partial charge in [0, 0.05) is 18.4 Å². The quantitative estimate of drug-likeness (QED) is 0.846. The molecule has 0 unspecified atom stereocenters. The summed E-state index contributed by atoms with van der Waals surface area (Å²) < 4.78 is 2.12. The van der Waals surface area contributed by atoms with E-state index in [4.69, 9.17) is 0 Å². The van der Waals surface area contributed by atoms with Crippen LogP contribution in [0.4, 0.5) is 5.95 Å². The third-order valence-electron chi connectivity index (χ3n) is 3.56. The van der Waals surface area contributed by atoms with E-state index in [0.717, 1.165) is 23.9 Å². The lowest BCUT2D eigenvalue weighted by atomic mass is 10.0. The van der Waals surface area contributed by atoms with Crippen LogP contribution in [-0.4, -0.2) is 16.1 Å². The van der Waals surface area contributed by atoms with Crippen LogP contribution in [0.1, 0.15) is 32.4 Å². The smallest absolute Gasteiger partial charge is 0.207 e. The first kappa shape index (κ1) is 13.7. The molecule has 0 fully saturated rings. The van der Waals surface area contributed by atoms with Gasteiger partial charge in [-0.2, -0.15) is 0 Å². The molecule has 3 heteroatoms. The predicted octanol–water partition coefficient (Wildman–Crippen LogP) is 4.03. The summed E-state index contributed by atoms with van der Waals surface area (Å²) in [6, 6.07) is 10.3. The van der Waals surface area contributed by atoms with Crippen molar-refractivity contribution >= 4 is 5.95 Å². The maximum absolute atomic E-state index is 4.58. The standard InChI is InChI=1S/C16H23N3/c1-4-14(5-2)11-17-16-18-13(3)12-19(16)15-9-7-6-8-10-15/h6-10,12,14H,4-5,11H2,1-3H3,(H,17,18). The van der Waals surface area contributed by atoms with Crippen molar-refractivity contribution < 1.29 is 0 Å². The largest absolute Gasteiger partial charge is 0.355 e. The molecule has 0 aliphatic carbocycles. The zero-order valence-corrected chi connectivity index (χ0v) is 12.1. The minimum Gasteiger partial charge on any atom is -0.355 e. The molecule has 102 valence electrons. The van der Waals surface area contributed by atoms with E-state index in [2.05, 4.69) is 59.2 Å². The second-order valence-corrected chi connectivity index (χ2v) is 4.97. The second kappa shape index (κ2) is 6.41. The number of anilines is 1. The van der Waals surface area contributed by atoms with Crippen LogP contribution in [-0.2, 0) is 0 Å². The lowest BCUT2D eigenvalue weighted by molar-refractivity contribution is 0.517. The van der Waals surface area contributed by atoms with Gasteiger partial charge in [-0.25, -0.2) is 4.98 Å². The third-order valence-corrected chi connectivity index (χ3v) is 3.56. The molecule has 0 spiro atoms. The first-order chi connectivity index (χ1) is 9.24. The number of nitrogens with one attached hydrogen (secondary N) is 1. The molecule has 1 N–H and O–H groups in total. The Kier molecular flexibility index (Phi) is 4.61. The van der Waals surface area contributed by atoms with E-state index in [9.17, 15) is 0 Å². The molecule has 2 aromatic rings. The van der Waals surface area contributed by atoms with Crippen LogP contribution in [0.25, 0.3) is 5.69 Å². The Balaban J connectivity index is 2.17. The molecule has 2 rings (SSSR count). The van der Waals surface area contributed by atoms with Crippen LogP contribution in [0.3, 0.4) is 0 Å². The molecule has 19 heavy (non-hydrogen) atoms. The number of imidazole rings is 1. The maximum Gasteiger partial charge on any atom is 0.207 e. The summed E-state index contributed by atoms with van der Waals surface area (Å²) in [6.45, 7) is 7.49. The minimum atomic E-state index is 0.709. The van der Waals surface area contributed by atoms with E-state index in [1.54, 1.807) is 0 Å². The lowest BCUT2D eigenvalue weighted by Crippen LogP contribution is -2.15. The topological polar surface area (TPSA) is 29.9 Å². The zero-order valence-electron chi connectivity index (χ0n) is 12.1. The van der Waals surface area contributed by atoms with Crippen molar-refractivity contribution in [3.05, 3.63) is 42.2 Å². The number of para-hydroxylation sites is 1. The van der Waals surface area contributed by atoms with Crippen LogP contribution in [0.15, 0.2) is 36.5 Å². The SMILES string of the molecule is CCC(CC)CNc1nc(C)cn1-c1ccccc1. The highest BCUT2D eigenvalue weighted by Crippen LogP contribution is 2.17. The summed E-state index contributed by atoms with van der Waals surface area (Å²) in [5, 5.41) is 3.49. The summed E-state index contributed by atoms with van der Waals surface area (Å²) in [6.07, 6.45) is 4.48. The Morgan fingerprint density at radius 1 is 1.16 bits per heavy atom. The van der Waals surface area contributed by atoms with Crippen molar-refractivity contribution in [3.63, 3.8) is 0 Å². The molecule has 0 saturated heterocycles. The summed E-state index contributed by atoms with van der Waals surface area (Å²) >= 11 is 0. The molecule has 0 bridgehead atoms. The van der Waals surface area contributed by atoms with Gasteiger partial charge in [0.2, 0.25) is 5.95 Å². The van der Waals surface area contributed by atoms with Crippen molar-refractivity contribution in [2.24, 2.45) is 5.92 Å². The normalized spacial score (nSPS) is 10.9. The van der Waals surface area contributed by atoms with Gasteiger partial charge in [0.05, 0.1) is 5.69 Å². The van der Waals surface area contributed by atoms with Crippen LogP contribution in [0.2, 0.25) is 0 Å². The van der Waals surface area contributed by atoms with Gasteiger partial charge in [0.1, 0.15) is 0 Å². The van der Waals surface area contributed by atoms with E-state index in [-0.39, 0.29) is 0 Å². The first-order valence-corrected chi connectivity index (χ1v) is 7.09. The molecular weight excluding hydrogens is 234 g/mol. The summed E-state index contributed by atoms with van der Waals surface area (Å²) in [5.41, 5.74) is 2.19. The van der Waals surface area contributed by atoms with Crippen molar-refractivity contribution in [1.29, 1.82) is 0 Å². The highest BCUT2D eigenvalue weighted by Gasteiger charge is 2.09. The number of hydrogen-bond acceptors (Lipinski definition) is 2. The fourth-order valence-corrected chi connectivity index (χ4v) is 2.22. The van der Waals surface area contributed by atoms with E-state index >= 15 is 0 Å². The van der Waals surface area contributed by atoms with Crippen molar-refractivity contribution in [3.8, 4) is 5.69 Å². The molecule has 0 aliphatic heterocycles. The van der Waals surface area contributed by atoms with Gasteiger partial charge in [-0.05, 0) is 25.0 Å². The Bertz CT molecular complexity index is 498. The highest BCUT2D eigenvalue weighted by atomic mass is 15.2. The molecular formula is C16H23N3. The van der Waals surface area contributed by atoms with E-state index < -0.39 is 0 Å². The van der Waals surface area contributed by atoms with Gasteiger partial charge in [-0.1, -0.05) is 44.9 Å². The van der Waals surface area contributed by atoms with Crippen LogP contribution in [0, 0.1) is 12.8 Å². The molecule has 1 aromatic heterocycles. The average molecular weight is 257 g/mol. The van der Waals surface area contributed by atoms with Gasteiger partial charge in [0.25, 0.3) is 0 Å². The molecule has 1 aromatic carbocycles. The van der Waals surface area contributed by atoms with E-state index in [0.29, 0.717) is 5.92 Å².